The molecule has 3 nitrogen and oxygen atoms in total. The molecule has 0 aromatic carbocycles. The van der Waals surface area contributed by atoms with Gasteiger partial charge < -0.3 is 0 Å². The third-order valence-corrected chi connectivity index (χ3v) is 5.98. The van der Waals surface area contributed by atoms with E-state index in [0.717, 1.165) is 11.8 Å². The van der Waals surface area contributed by atoms with E-state index in [1.807, 2.05) is 0 Å². The fourth-order valence-electron chi connectivity index (χ4n) is 4.59. The summed E-state index contributed by atoms with van der Waals surface area (Å²) < 4.78 is 0. The molecule has 3 heteroatoms. The van der Waals surface area contributed by atoms with Crippen LogP contribution in [0.4, 0.5) is 0 Å². The molecule has 2 aliphatic rings. The summed E-state index contributed by atoms with van der Waals surface area (Å²) >= 11 is 0. The van der Waals surface area contributed by atoms with Gasteiger partial charge in [-0.25, -0.2) is 0 Å². The standard InChI is InChI=1S/C17H35N3/c1-4-14-9-8-10-15(13-14)16(19-18)17(2,3)20-11-6-5-7-12-20/h14-16,19H,4-13,18H2,1-3H3. The Hall–Kier alpha value is -0.120. The van der Waals surface area contributed by atoms with E-state index in [9.17, 15) is 0 Å². The molecule has 0 radical (unpaired) electrons. The molecule has 0 spiro atoms. The van der Waals surface area contributed by atoms with E-state index in [2.05, 4.69) is 31.1 Å². The highest BCUT2D eigenvalue weighted by Gasteiger charge is 2.41. The second-order valence-electron chi connectivity index (χ2n) is 7.55. The zero-order chi connectivity index (χ0) is 14.6. The molecule has 1 aliphatic carbocycles. The Labute approximate surface area is 125 Å². The highest BCUT2D eigenvalue weighted by molar-refractivity contribution is 4.98. The third-order valence-electron chi connectivity index (χ3n) is 5.98. The molecule has 3 atom stereocenters. The Kier molecular flexibility index (Phi) is 5.88. The van der Waals surface area contributed by atoms with Crippen LogP contribution < -0.4 is 11.3 Å². The predicted octanol–water partition coefficient (Wildman–Crippen LogP) is 3.30. The van der Waals surface area contributed by atoms with Crippen molar-refractivity contribution in [2.45, 2.75) is 83.7 Å². The summed E-state index contributed by atoms with van der Waals surface area (Å²) in [4.78, 5) is 2.68. The molecular formula is C17H35N3. The van der Waals surface area contributed by atoms with Gasteiger partial charge >= 0.3 is 0 Å². The topological polar surface area (TPSA) is 41.3 Å². The SMILES string of the molecule is CCC1CCCC(C(NN)C(C)(C)N2CCCCC2)C1. The van der Waals surface area contributed by atoms with Crippen molar-refractivity contribution < 1.29 is 0 Å². The first-order valence-corrected chi connectivity index (χ1v) is 8.80. The molecule has 1 aliphatic heterocycles. The van der Waals surface area contributed by atoms with Gasteiger partial charge in [-0.05, 0) is 64.5 Å². The summed E-state index contributed by atoms with van der Waals surface area (Å²) in [5.74, 6) is 7.67. The lowest BCUT2D eigenvalue weighted by Crippen LogP contribution is -2.63. The molecule has 3 N–H and O–H groups in total. The van der Waals surface area contributed by atoms with Crippen LogP contribution in [0.1, 0.15) is 72.1 Å². The highest BCUT2D eigenvalue weighted by atomic mass is 15.3. The minimum Gasteiger partial charge on any atom is -0.297 e. The molecule has 1 saturated heterocycles. The van der Waals surface area contributed by atoms with E-state index in [-0.39, 0.29) is 5.54 Å². The second-order valence-corrected chi connectivity index (χ2v) is 7.55. The second kappa shape index (κ2) is 7.24. The number of hydrogen-bond donors (Lipinski definition) is 2. The minimum absolute atomic E-state index is 0.176. The lowest BCUT2D eigenvalue weighted by molar-refractivity contribution is 0.0265. The largest absolute Gasteiger partial charge is 0.297 e. The summed E-state index contributed by atoms with van der Waals surface area (Å²) in [5, 5.41) is 0. The van der Waals surface area contributed by atoms with Crippen LogP contribution in [0.5, 0.6) is 0 Å². The average Bonchev–Trinajstić information content (AvgIpc) is 2.49. The molecule has 2 rings (SSSR count). The van der Waals surface area contributed by atoms with Crippen LogP contribution in [0.15, 0.2) is 0 Å². The van der Waals surface area contributed by atoms with Crippen molar-refractivity contribution in [2.75, 3.05) is 13.1 Å². The van der Waals surface area contributed by atoms with Crippen LogP contribution in [0.2, 0.25) is 0 Å². The first kappa shape index (κ1) is 16.3. The van der Waals surface area contributed by atoms with Crippen LogP contribution in [0.3, 0.4) is 0 Å². The number of hydrazine groups is 1. The maximum absolute atomic E-state index is 6.01. The van der Waals surface area contributed by atoms with Crippen LogP contribution >= 0.6 is 0 Å². The lowest BCUT2D eigenvalue weighted by Gasteiger charge is -2.49. The third kappa shape index (κ3) is 3.55. The zero-order valence-electron chi connectivity index (χ0n) is 13.8. The van der Waals surface area contributed by atoms with E-state index in [0.29, 0.717) is 6.04 Å². The maximum atomic E-state index is 6.01. The number of nitrogens with zero attached hydrogens (tertiary/aromatic N) is 1. The van der Waals surface area contributed by atoms with E-state index >= 15 is 0 Å². The Balaban J connectivity index is 2.04. The lowest BCUT2D eigenvalue weighted by atomic mass is 9.71. The Morgan fingerprint density at radius 2 is 1.85 bits per heavy atom. The fraction of sp³-hybridized carbons (Fsp3) is 1.00. The smallest absolute Gasteiger partial charge is 0.0417 e. The first-order chi connectivity index (χ1) is 9.59. The molecule has 0 aromatic heterocycles. The van der Waals surface area contributed by atoms with Crippen LogP contribution in [0, 0.1) is 11.8 Å². The van der Waals surface area contributed by atoms with Gasteiger partial charge in [-0.3, -0.25) is 16.2 Å². The molecule has 0 bridgehead atoms. The van der Waals surface area contributed by atoms with Gasteiger partial charge in [0.05, 0.1) is 0 Å². The number of likely N-dealkylation sites (tertiary alicyclic amines) is 1. The number of nitrogens with two attached hydrogens (primary N) is 1. The van der Waals surface area contributed by atoms with E-state index in [4.69, 9.17) is 5.84 Å². The zero-order valence-corrected chi connectivity index (χ0v) is 13.8. The summed E-state index contributed by atoms with van der Waals surface area (Å²) in [5.41, 5.74) is 3.39. The molecule has 3 unspecified atom stereocenters. The van der Waals surface area contributed by atoms with Gasteiger partial charge in [0.15, 0.2) is 0 Å². The molecule has 118 valence electrons. The Morgan fingerprint density at radius 1 is 1.15 bits per heavy atom. The fourth-order valence-corrected chi connectivity index (χ4v) is 4.59. The van der Waals surface area contributed by atoms with Crippen LogP contribution in [0.25, 0.3) is 0 Å². The van der Waals surface area contributed by atoms with E-state index < -0.39 is 0 Å². The molecule has 1 heterocycles. The van der Waals surface area contributed by atoms with Crippen molar-refractivity contribution in [1.29, 1.82) is 0 Å². The van der Waals surface area contributed by atoms with Crippen molar-refractivity contribution in [3.8, 4) is 0 Å². The quantitative estimate of drug-likeness (QED) is 0.600. The molecular weight excluding hydrogens is 246 g/mol. The molecule has 0 aromatic rings. The van der Waals surface area contributed by atoms with Gasteiger partial charge in [0.2, 0.25) is 0 Å². The Bertz CT molecular complexity index is 284. The van der Waals surface area contributed by atoms with Crippen molar-refractivity contribution >= 4 is 0 Å². The normalized spacial score (nSPS) is 31.2. The predicted molar refractivity (Wildman–Crippen MR) is 86.4 cm³/mol. The molecule has 1 saturated carbocycles. The molecule has 20 heavy (non-hydrogen) atoms. The van der Waals surface area contributed by atoms with Crippen molar-refractivity contribution in [3.63, 3.8) is 0 Å². The number of rotatable bonds is 5. The average molecular weight is 281 g/mol. The summed E-state index contributed by atoms with van der Waals surface area (Å²) in [6.07, 6.45) is 11.0. The van der Waals surface area contributed by atoms with Gasteiger partial charge in [-0.15, -0.1) is 0 Å². The molecule has 0 amide bonds. The number of nitrogens with one attached hydrogen (secondary N) is 1. The summed E-state index contributed by atoms with van der Waals surface area (Å²) in [7, 11) is 0. The monoisotopic (exact) mass is 281 g/mol. The van der Waals surface area contributed by atoms with E-state index in [1.165, 1.54) is 64.5 Å². The van der Waals surface area contributed by atoms with Crippen molar-refractivity contribution in [2.24, 2.45) is 17.7 Å². The number of hydrogen-bond acceptors (Lipinski definition) is 3. The van der Waals surface area contributed by atoms with Crippen LogP contribution in [-0.4, -0.2) is 29.6 Å². The van der Waals surface area contributed by atoms with Crippen molar-refractivity contribution in [3.05, 3.63) is 0 Å². The summed E-state index contributed by atoms with van der Waals surface area (Å²) in [6, 6.07) is 0.426. The van der Waals surface area contributed by atoms with Crippen molar-refractivity contribution in [1.82, 2.24) is 10.3 Å². The van der Waals surface area contributed by atoms with Gasteiger partial charge in [-0.2, -0.15) is 0 Å². The Morgan fingerprint density at radius 3 is 2.45 bits per heavy atom. The van der Waals surface area contributed by atoms with Gasteiger partial charge in [0.1, 0.15) is 0 Å². The van der Waals surface area contributed by atoms with Gasteiger partial charge in [0.25, 0.3) is 0 Å². The molecule has 2 fully saturated rings. The highest BCUT2D eigenvalue weighted by Crippen LogP contribution is 2.37. The maximum Gasteiger partial charge on any atom is 0.0417 e. The van der Waals surface area contributed by atoms with Gasteiger partial charge in [-0.1, -0.05) is 32.6 Å². The van der Waals surface area contributed by atoms with Crippen LogP contribution in [-0.2, 0) is 0 Å². The summed E-state index contributed by atoms with van der Waals surface area (Å²) in [6.45, 7) is 9.63. The van der Waals surface area contributed by atoms with E-state index in [1.54, 1.807) is 0 Å². The minimum atomic E-state index is 0.176. The first-order valence-electron chi connectivity index (χ1n) is 8.80. The number of piperidine rings is 1. The van der Waals surface area contributed by atoms with Gasteiger partial charge in [0, 0.05) is 11.6 Å².